The van der Waals surface area contributed by atoms with Gasteiger partial charge in [-0.05, 0) is 6.92 Å². The number of aromatic nitrogens is 2. The number of piperazine rings is 1. The molecular formula is C13H20N4O3. The SMILES string of the molecule is COc1cc(C)nc(N2CCN(CCC(=O)O)CC2)n1. The zero-order chi connectivity index (χ0) is 14.5. The number of ether oxygens (including phenoxy) is 1. The summed E-state index contributed by atoms with van der Waals surface area (Å²) >= 11 is 0. The van der Waals surface area contributed by atoms with E-state index in [1.54, 1.807) is 13.2 Å². The number of anilines is 1. The van der Waals surface area contributed by atoms with Crippen LogP contribution in [0.1, 0.15) is 12.1 Å². The number of nitrogens with zero attached hydrogens (tertiary/aromatic N) is 4. The zero-order valence-corrected chi connectivity index (χ0v) is 11.9. The van der Waals surface area contributed by atoms with Gasteiger partial charge in [-0.1, -0.05) is 0 Å². The molecule has 0 atom stereocenters. The standard InChI is InChI=1S/C13H20N4O3/c1-10-9-11(20-2)15-13(14-10)17-7-5-16(6-8-17)4-3-12(18)19/h9H,3-8H2,1-2H3,(H,18,19). The van der Waals surface area contributed by atoms with Crippen LogP contribution in [-0.2, 0) is 4.79 Å². The lowest BCUT2D eigenvalue weighted by Gasteiger charge is -2.34. The molecule has 0 spiro atoms. The van der Waals surface area contributed by atoms with Gasteiger partial charge in [0, 0.05) is 44.5 Å². The number of hydrogen-bond acceptors (Lipinski definition) is 6. The van der Waals surface area contributed by atoms with Gasteiger partial charge in [0.2, 0.25) is 11.8 Å². The highest BCUT2D eigenvalue weighted by Gasteiger charge is 2.20. The van der Waals surface area contributed by atoms with Crippen LogP contribution in [0.3, 0.4) is 0 Å². The summed E-state index contributed by atoms with van der Waals surface area (Å²) in [6, 6.07) is 1.80. The molecule has 1 saturated heterocycles. The van der Waals surface area contributed by atoms with Gasteiger partial charge in [-0.25, -0.2) is 4.98 Å². The quantitative estimate of drug-likeness (QED) is 0.835. The molecule has 0 amide bonds. The Labute approximate surface area is 118 Å². The summed E-state index contributed by atoms with van der Waals surface area (Å²) in [5.74, 6) is 0.500. The van der Waals surface area contributed by atoms with E-state index in [-0.39, 0.29) is 6.42 Å². The maximum atomic E-state index is 10.6. The fourth-order valence-electron chi connectivity index (χ4n) is 2.20. The minimum absolute atomic E-state index is 0.189. The molecule has 7 heteroatoms. The molecule has 0 bridgehead atoms. The lowest BCUT2D eigenvalue weighted by Crippen LogP contribution is -2.47. The largest absolute Gasteiger partial charge is 0.481 e. The summed E-state index contributed by atoms with van der Waals surface area (Å²) in [5, 5.41) is 8.69. The molecule has 1 fully saturated rings. The van der Waals surface area contributed by atoms with Gasteiger partial charge in [0.15, 0.2) is 0 Å². The predicted molar refractivity (Wildman–Crippen MR) is 74.2 cm³/mol. The van der Waals surface area contributed by atoms with Crippen molar-refractivity contribution >= 4 is 11.9 Å². The summed E-state index contributed by atoms with van der Waals surface area (Å²) in [6.07, 6.45) is 0.189. The van der Waals surface area contributed by atoms with Gasteiger partial charge >= 0.3 is 5.97 Å². The van der Waals surface area contributed by atoms with Crippen LogP contribution in [0, 0.1) is 6.92 Å². The second-order valence-electron chi connectivity index (χ2n) is 4.82. The Bertz CT molecular complexity index is 473. The molecule has 0 saturated carbocycles. The molecule has 20 heavy (non-hydrogen) atoms. The Morgan fingerprint density at radius 2 is 2.05 bits per heavy atom. The first kappa shape index (κ1) is 14.5. The number of carboxylic acids is 1. The van der Waals surface area contributed by atoms with Crippen LogP contribution in [0.2, 0.25) is 0 Å². The lowest BCUT2D eigenvalue weighted by molar-refractivity contribution is -0.137. The third-order valence-corrected chi connectivity index (χ3v) is 3.33. The van der Waals surface area contributed by atoms with Crippen LogP contribution < -0.4 is 9.64 Å². The molecule has 2 rings (SSSR count). The molecule has 7 nitrogen and oxygen atoms in total. The summed E-state index contributed by atoms with van der Waals surface area (Å²) < 4.78 is 5.16. The average molecular weight is 280 g/mol. The smallest absolute Gasteiger partial charge is 0.304 e. The molecule has 1 aromatic heterocycles. The van der Waals surface area contributed by atoms with Crippen LogP contribution in [0.25, 0.3) is 0 Å². The summed E-state index contributed by atoms with van der Waals surface area (Å²) in [6.45, 7) is 5.76. The van der Waals surface area contributed by atoms with Gasteiger partial charge < -0.3 is 14.7 Å². The van der Waals surface area contributed by atoms with Crippen molar-refractivity contribution in [1.82, 2.24) is 14.9 Å². The summed E-state index contributed by atoms with van der Waals surface area (Å²) in [4.78, 5) is 23.6. The summed E-state index contributed by atoms with van der Waals surface area (Å²) in [5.41, 5.74) is 0.875. The third-order valence-electron chi connectivity index (χ3n) is 3.33. The molecule has 1 aliphatic heterocycles. The highest BCUT2D eigenvalue weighted by atomic mass is 16.5. The van der Waals surface area contributed by atoms with E-state index in [2.05, 4.69) is 19.8 Å². The van der Waals surface area contributed by atoms with E-state index in [1.807, 2.05) is 6.92 Å². The van der Waals surface area contributed by atoms with Crippen molar-refractivity contribution in [2.75, 3.05) is 44.7 Å². The molecule has 110 valence electrons. The fraction of sp³-hybridized carbons (Fsp3) is 0.615. The van der Waals surface area contributed by atoms with Gasteiger partial charge in [-0.15, -0.1) is 0 Å². The Hall–Kier alpha value is -1.89. The van der Waals surface area contributed by atoms with E-state index in [1.165, 1.54) is 0 Å². The molecule has 1 aliphatic rings. The molecule has 1 N–H and O–H groups in total. The number of hydrogen-bond donors (Lipinski definition) is 1. The third kappa shape index (κ3) is 3.80. The average Bonchev–Trinajstić information content (AvgIpc) is 2.45. The lowest BCUT2D eigenvalue weighted by atomic mass is 10.3. The maximum absolute atomic E-state index is 10.6. The first-order valence-corrected chi connectivity index (χ1v) is 6.67. The van der Waals surface area contributed by atoms with Crippen molar-refractivity contribution in [3.8, 4) is 5.88 Å². The van der Waals surface area contributed by atoms with Crippen LogP contribution in [-0.4, -0.2) is 65.8 Å². The van der Waals surface area contributed by atoms with Crippen molar-refractivity contribution < 1.29 is 14.6 Å². The van der Waals surface area contributed by atoms with E-state index in [9.17, 15) is 4.79 Å². The normalized spacial score (nSPS) is 16.2. The van der Waals surface area contributed by atoms with Crippen LogP contribution in [0.4, 0.5) is 5.95 Å². The summed E-state index contributed by atoms with van der Waals surface area (Å²) in [7, 11) is 1.59. The molecule has 0 aromatic carbocycles. The van der Waals surface area contributed by atoms with Crippen molar-refractivity contribution in [1.29, 1.82) is 0 Å². The topological polar surface area (TPSA) is 78.8 Å². The van der Waals surface area contributed by atoms with Crippen molar-refractivity contribution in [2.45, 2.75) is 13.3 Å². The van der Waals surface area contributed by atoms with Crippen molar-refractivity contribution in [3.63, 3.8) is 0 Å². The highest BCUT2D eigenvalue weighted by molar-refractivity contribution is 5.66. The first-order valence-electron chi connectivity index (χ1n) is 6.67. The Morgan fingerprint density at radius 3 is 2.65 bits per heavy atom. The maximum Gasteiger partial charge on any atom is 0.304 e. The number of aryl methyl sites for hydroxylation is 1. The van der Waals surface area contributed by atoms with E-state index < -0.39 is 5.97 Å². The van der Waals surface area contributed by atoms with E-state index in [0.29, 0.717) is 18.4 Å². The van der Waals surface area contributed by atoms with Gasteiger partial charge in [-0.2, -0.15) is 4.98 Å². The number of carboxylic acid groups (broad SMARTS) is 1. The Balaban J connectivity index is 1.93. The highest BCUT2D eigenvalue weighted by Crippen LogP contribution is 2.16. The molecule has 2 heterocycles. The molecule has 0 unspecified atom stereocenters. The van der Waals surface area contributed by atoms with Gasteiger partial charge in [0.05, 0.1) is 13.5 Å². The number of methoxy groups -OCH3 is 1. The van der Waals surface area contributed by atoms with Crippen molar-refractivity contribution in [3.05, 3.63) is 11.8 Å². The van der Waals surface area contributed by atoms with Gasteiger partial charge in [-0.3, -0.25) is 9.69 Å². The molecule has 1 aromatic rings. The molecule has 0 radical (unpaired) electrons. The van der Waals surface area contributed by atoms with E-state index in [0.717, 1.165) is 31.9 Å². The number of rotatable bonds is 5. The second kappa shape index (κ2) is 6.51. The fourth-order valence-corrected chi connectivity index (χ4v) is 2.20. The van der Waals surface area contributed by atoms with Crippen LogP contribution in [0.15, 0.2) is 6.07 Å². The van der Waals surface area contributed by atoms with Crippen LogP contribution in [0.5, 0.6) is 5.88 Å². The Morgan fingerprint density at radius 1 is 1.35 bits per heavy atom. The first-order chi connectivity index (χ1) is 9.58. The van der Waals surface area contributed by atoms with Gasteiger partial charge in [0.25, 0.3) is 0 Å². The van der Waals surface area contributed by atoms with Crippen molar-refractivity contribution in [2.24, 2.45) is 0 Å². The van der Waals surface area contributed by atoms with E-state index >= 15 is 0 Å². The zero-order valence-electron chi connectivity index (χ0n) is 11.9. The minimum Gasteiger partial charge on any atom is -0.481 e. The predicted octanol–water partition coefficient (Wildman–Crippen LogP) is 0.390. The van der Waals surface area contributed by atoms with Crippen LogP contribution >= 0.6 is 0 Å². The minimum atomic E-state index is -0.751. The second-order valence-corrected chi connectivity index (χ2v) is 4.82. The van der Waals surface area contributed by atoms with E-state index in [4.69, 9.17) is 9.84 Å². The number of aliphatic carboxylic acids is 1. The van der Waals surface area contributed by atoms with Gasteiger partial charge in [0.1, 0.15) is 0 Å². The molecule has 0 aliphatic carbocycles. The number of carbonyl (C=O) groups is 1. The Kier molecular flexibility index (Phi) is 4.73. The monoisotopic (exact) mass is 280 g/mol. The molecular weight excluding hydrogens is 260 g/mol.